The number of aromatic nitrogens is 2. The highest BCUT2D eigenvalue weighted by Crippen LogP contribution is 2.27. The molecule has 6 nitrogen and oxygen atoms in total. The fourth-order valence-electron chi connectivity index (χ4n) is 4.06. The first-order chi connectivity index (χ1) is 18.5. The van der Waals surface area contributed by atoms with E-state index in [0.29, 0.717) is 40.4 Å². The van der Waals surface area contributed by atoms with Gasteiger partial charge in [0.25, 0.3) is 5.56 Å². The average molecular weight is 615 g/mol. The van der Waals surface area contributed by atoms with Crippen LogP contribution in [0.25, 0.3) is 33.5 Å². The van der Waals surface area contributed by atoms with Gasteiger partial charge in [-0.2, -0.15) is 9.78 Å². The van der Waals surface area contributed by atoms with Crippen LogP contribution >= 0.6 is 22.6 Å². The fourth-order valence-corrected chi connectivity index (χ4v) is 4.76. The van der Waals surface area contributed by atoms with E-state index in [2.05, 4.69) is 27.7 Å². The molecule has 0 aliphatic heterocycles. The smallest absolute Gasteiger partial charge is 0.282 e. The first-order valence-electron chi connectivity index (χ1n) is 11.8. The number of furan rings is 1. The standard InChI is InChI=1S/C30H19FIN3O3/c31-22-12-9-19(10-13-22)18-37-27-14-11-20(15-24(27)32)17-33-35-29(28-16-21-5-1-4-8-26(21)38-28)34-25-7-3-2-6-23(25)30(35)36/h1-17H,18H2. The van der Waals surface area contributed by atoms with Gasteiger partial charge in [0.1, 0.15) is 23.8 Å². The van der Waals surface area contributed by atoms with Gasteiger partial charge in [0, 0.05) is 5.39 Å². The van der Waals surface area contributed by atoms with Gasteiger partial charge in [-0.05, 0) is 88.3 Å². The van der Waals surface area contributed by atoms with Crippen molar-refractivity contribution >= 4 is 50.7 Å². The van der Waals surface area contributed by atoms with Gasteiger partial charge in [0.15, 0.2) is 5.76 Å². The van der Waals surface area contributed by atoms with Gasteiger partial charge in [-0.25, -0.2) is 9.37 Å². The lowest BCUT2D eigenvalue weighted by molar-refractivity contribution is 0.304. The van der Waals surface area contributed by atoms with Crippen LogP contribution in [0.2, 0.25) is 0 Å². The molecule has 0 N–H and O–H groups in total. The lowest BCUT2D eigenvalue weighted by Crippen LogP contribution is -2.20. The van der Waals surface area contributed by atoms with E-state index in [9.17, 15) is 9.18 Å². The summed E-state index contributed by atoms with van der Waals surface area (Å²) in [5.74, 6) is 1.18. The Kier molecular flexibility index (Phi) is 6.47. The molecule has 0 aliphatic rings. The summed E-state index contributed by atoms with van der Waals surface area (Å²) in [5, 5.41) is 5.89. The molecule has 8 heteroatoms. The summed E-state index contributed by atoms with van der Waals surface area (Å²) >= 11 is 2.19. The van der Waals surface area contributed by atoms with Crippen LogP contribution in [0.15, 0.2) is 111 Å². The maximum Gasteiger partial charge on any atom is 0.282 e. The minimum atomic E-state index is -0.295. The lowest BCUT2D eigenvalue weighted by Gasteiger charge is -2.09. The molecule has 0 aliphatic carbocycles. The van der Waals surface area contributed by atoms with Crippen LogP contribution in [0, 0.1) is 9.39 Å². The monoisotopic (exact) mass is 615 g/mol. The Hall–Kier alpha value is -4.31. The highest BCUT2D eigenvalue weighted by Gasteiger charge is 2.16. The van der Waals surface area contributed by atoms with Gasteiger partial charge >= 0.3 is 0 Å². The first kappa shape index (κ1) is 24.1. The zero-order valence-electron chi connectivity index (χ0n) is 19.8. The van der Waals surface area contributed by atoms with Gasteiger partial charge < -0.3 is 9.15 Å². The van der Waals surface area contributed by atoms with Crippen molar-refractivity contribution in [2.24, 2.45) is 5.10 Å². The average Bonchev–Trinajstić information content (AvgIpc) is 3.37. The van der Waals surface area contributed by atoms with Crippen LogP contribution in [-0.4, -0.2) is 15.9 Å². The Balaban J connectivity index is 1.34. The van der Waals surface area contributed by atoms with E-state index in [1.54, 1.807) is 36.5 Å². The Bertz CT molecular complexity index is 1840. The summed E-state index contributed by atoms with van der Waals surface area (Å²) in [7, 11) is 0. The number of ether oxygens (including phenoxy) is 1. The summed E-state index contributed by atoms with van der Waals surface area (Å²) < 4.78 is 27.2. The molecule has 6 aromatic rings. The maximum absolute atomic E-state index is 13.4. The topological polar surface area (TPSA) is 69.6 Å². The second-order valence-corrected chi connectivity index (χ2v) is 9.73. The third kappa shape index (κ3) is 4.82. The number of fused-ring (bicyclic) bond motifs is 2. The Morgan fingerprint density at radius 2 is 1.76 bits per heavy atom. The number of rotatable bonds is 6. The zero-order chi connectivity index (χ0) is 26.1. The van der Waals surface area contributed by atoms with Crippen LogP contribution in [-0.2, 0) is 6.61 Å². The minimum Gasteiger partial charge on any atom is -0.488 e. The molecule has 2 heterocycles. The maximum atomic E-state index is 13.4. The Morgan fingerprint density at radius 3 is 2.58 bits per heavy atom. The summed E-state index contributed by atoms with van der Waals surface area (Å²) in [5.41, 5.74) is 2.62. The largest absolute Gasteiger partial charge is 0.488 e. The number of benzene rings is 4. The van der Waals surface area contributed by atoms with Crippen molar-refractivity contribution in [1.29, 1.82) is 0 Å². The van der Waals surface area contributed by atoms with Crippen molar-refractivity contribution in [2.45, 2.75) is 6.61 Å². The fraction of sp³-hybridized carbons (Fsp3) is 0.0333. The molecule has 0 bridgehead atoms. The lowest BCUT2D eigenvalue weighted by atomic mass is 10.2. The molecule has 0 atom stereocenters. The molecule has 0 saturated carbocycles. The molecular weight excluding hydrogens is 596 g/mol. The number of halogens is 2. The number of hydrogen-bond donors (Lipinski definition) is 0. The molecule has 0 spiro atoms. The quantitative estimate of drug-likeness (QED) is 0.149. The van der Waals surface area contributed by atoms with Crippen LogP contribution in [0.1, 0.15) is 11.1 Å². The predicted octanol–water partition coefficient (Wildman–Crippen LogP) is 7.01. The number of hydrogen-bond acceptors (Lipinski definition) is 5. The SMILES string of the molecule is O=c1c2ccccc2nc(-c2cc3ccccc3o2)n1N=Cc1ccc(OCc2ccc(F)cc2)c(I)c1. The van der Waals surface area contributed by atoms with E-state index in [0.717, 1.165) is 20.1 Å². The first-order valence-corrected chi connectivity index (χ1v) is 12.8. The highest BCUT2D eigenvalue weighted by molar-refractivity contribution is 14.1. The molecule has 0 unspecified atom stereocenters. The summed E-state index contributed by atoms with van der Waals surface area (Å²) in [6.07, 6.45) is 1.61. The molecular formula is C30H19FIN3O3. The van der Waals surface area contributed by atoms with Gasteiger partial charge in [0.2, 0.25) is 5.82 Å². The van der Waals surface area contributed by atoms with Gasteiger partial charge in [-0.15, -0.1) is 0 Å². The Morgan fingerprint density at radius 1 is 0.974 bits per heavy atom. The van der Waals surface area contributed by atoms with Crippen molar-refractivity contribution in [3.8, 4) is 17.3 Å². The number of para-hydroxylation sites is 2. The van der Waals surface area contributed by atoms with Crippen LogP contribution in [0.3, 0.4) is 0 Å². The van der Waals surface area contributed by atoms with Crippen LogP contribution in [0.5, 0.6) is 5.75 Å². The molecule has 0 saturated heterocycles. The van der Waals surface area contributed by atoms with E-state index in [-0.39, 0.29) is 11.4 Å². The second-order valence-electron chi connectivity index (χ2n) is 8.57. The zero-order valence-corrected chi connectivity index (χ0v) is 22.0. The van der Waals surface area contributed by atoms with E-state index in [1.165, 1.54) is 16.8 Å². The molecule has 0 fully saturated rings. The number of nitrogens with zero attached hydrogens (tertiary/aromatic N) is 3. The third-order valence-electron chi connectivity index (χ3n) is 5.99. The molecule has 0 radical (unpaired) electrons. The molecule has 38 heavy (non-hydrogen) atoms. The van der Waals surface area contributed by atoms with Crippen molar-refractivity contribution in [3.63, 3.8) is 0 Å². The highest BCUT2D eigenvalue weighted by atomic mass is 127. The molecule has 4 aromatic carbocycles. The summed E-state index contributed by atoms with van der Waals surface area (Å²) in [4.78, 5) is 18.2. The van der Waals surface area contributed by atoms with Crippen LogP contribution in [0.4, 0.5) is 4.39 Å². The third-order valence-corrected chi connectivity index (χ3v) is 6.83. The minimum absolute atomic E-state index is 0.281. The molecule has 6 rings (SSSR count). The van der Waals surface area contributed by atoms with Crippen molar-refractivity contribution in [3.05, 3.63) is 128 Å². The van der Waals surface area contributed by atoms with Crippen molar-refractivity contribution in [1.82, 2.24) is 9.66 Å². The summed E-state index contributed by atoms with van der Waals surface area (Å²) in [6, 6.07) is 28.5. The van der Waals surface area contributed by atoms with Gasteiger partial charge in [-0.3, -0.25) is 4.79 Å². The molecule has 186 valence electrons. The normalized spacial score (nSPS) is 11.5. The molecule has 0 amide bonds. The summed E-state index contributed by atoms with van der Waals surface area (Å²) in [6.45, 7) is 0.322. The second kappa shape index (κ2) is 10.2. The van der Waals surface area contributed by atoms with E-state index >= 15 is 0 Å². The van der Waals surface area contributed by atoms with E-state index < -0.39 is 0 Å². The van der Waals surface area contributed by atoms with Crippen LogP contribution < -0.4 is 10.3 Å². The van der Waals surface area contributed by atoms with Gasteiger partial charge in [0.05, 0.1) is 20.7 Å². The predicted molar refractivity (Wildman–Crippen MR) is 154 cm³/mol. The van der Waals surface area contributed by atoms with Crippen molar-refractivity contribution < 1.29 is 13.5 Å². The van der Waals surface area contributed by atoms with Gasteiger partial charge in [-0.1, -0.05) is 42.5 Å². The molecule has 2 aromatic heterocycles. The van der Waals surface area contributed by atoms with E-state index in [1.807, 2.05) is 54.6 Å². The Labute approximate surface area is 230 Å². The van der Waals surface area contributed by atoms with E-state index in [4.69, 9.17) is 14.1 Å². The van der Waals surface area contributed by atoms with Crippen molar-refractivity contribution in [2.75, 3.05) is 0 Å².